The van der Waals surface area contributed by atoms with Crippen molar-refractivity contribution in [2.24, 2.45) is 0 Å². The average Bonchev–Trinajstić information content (AvgIpc) is 2.60. The Bertz CT molecular complexity index is 256. The fourth-order valence-electron chi connectivity index (χ4n) is 1.22. The van der Waals surface area contributed by atoms with Gasteiger partial charge in [0.25, 0.3) is 0 Å². The molecule has 0 aromatic carbocycles. The van der Waals surface area contributed by atoms with Crippen LogP contribution in [0.25, 0.3) is 0 Å². The van der Waals surface area contributed by atoms with Gasteiger partial charge in [-0.15, -0.1) is 11.3 Å². The van der Waals surface area contributed by atoms with E-state index < -0.39 is 0 Å². The second-order valence-corrected chi connectivity index (χ2v) is 4.95. The third kappa shape index (κ3) is 4.22. The van der Waals surface area contributed by atoms with Gasteiger partial charge < -0.3 is 10.2 Å². The molecule has 1 aromatic heterocycles. The van der Waals surface area contributed by atoms with Crippen molar-refractivity contribution >= 4 is 11.3 Å². The molecular formula is C11H20N2S. The van der Waals surface area contributed by atoms with Gasteiger partial charge in [0, 0.05) is 29.4 Å². The molecule has 2 nitrogen and oxygen atoms in total. The van der Waals surface area contributed by atoms with Crippen LogP contribution in [-0.2, 0) is 13.0 Å². The molecule has 0 unspecified atom stereocenters. The standard InChI is InChI=1S/C11H20N2S/c1-4-10-5-6-11(14-10)9-12-7-8-13(2)3/h5-6,12H,4,7-9H2,1-3H3. The summed E-state index contributed by atoms with van der Waals surface area (Å²) in [6.45, 7) is 5.38. The molecule has 3 heteroatoms. The lowest BCUT2D eigenvalue weighted by Gasteiger charge is -2.09. The Morgan fingerprint density at radius 2 is 2.00 bits per heavy atom. The summed E-state index contributed by atoms with van der Waals surface area (Å²) in [6.07, 6.45) is 1.16. The molecule has 0 aliphatic rings. The fraction of sp³-hybridized carbons (Fsp3) is 0.636. The molecule has 0 aliphatic heterocycles. The van der Waals surface area contributed by atoms with Gasteiger partial charge in [-0.25, -0.2) is 0 Å². The molecule has 1 heterocycles. The summed E-state index contributed by atoms with van der Waals surface area (Å²) >= 11 is 1.92. The zero-order valence-corrected chi connectivity index (χ0v) is 10.2. The van der Waals surface area contributed by atoms with Crippen molar-refractivity contribution < 1.29 is 0 Å². The Morgan fingerprint density at radius 1 is 1.29 bits per heavy atom. The van der Waals surface area contributed by atoms with E-state index in [1.165, 1.54) is 9.75 Å². The molecule has 0 saturated carbocycles. The predicted octanol–water partition coefficient (Wildman–Crippen LogP) is 1.96. The van der Waals surface area contributed by atoms with Crippen LogP contribution < -0.4 is 5.32 Å². The summed E-state index contributed by atoms with van der Waals surface area (Å²) in [7, 11) is 4.20. The van der Waals surface area contributed by atoms with Crippen LogP contribution in [-0.4, -0.2) is 32.1 Å². The van der Waals surface area contributed by atoms with Gasteiger partial charge in [0.05, 0.1) is 0 Å². The van der Waals surface area contributed by atoms with E-state index in [4.69, 9.17) is 0 Å². The Balaban J connectivity index is 2.18. The lowest BCUT2D eigenvalue weighted by molar-refractivity contribution is 0.400. The van der Waals surface area contributed by atoms with Crippen molar-refractivity contribution in [1.82, 2.24) is 10.2 Å². The number of likely N-dealkylation sites (N-methyl/N-ethyl adjacent to an activating group) is 1. The van der Waals surface area contributed by atoms with Crippen LogP contribution in [0.3, 0.4) is 0 Å². The quantitative estimate of drug-likeness (QED) is 0.725. The minimum Gasteiger partial charge on any atom is -0.311 e. The Kier molecular flexibility index (Phi) is 5.15. The molecule has 1 N–H and O–H groups in total. The van der Waals surface area contributed by atoms with Crippen LogP contribution in [0, 0.1) is 0 Å². The van der Waals surface area contributed by atoms with E-state index in [9.17, 15) is 0 Å². The SMILES string of the molecule is CCc1ccc(CNCCN(C)C)s1. The van der Waals surface area contributed by atoms with Gasteiger partial charge in [-0.1, -0.05) is 6.92 Å². The van der Waals surface area contributed by atoms with E-state index >= 15 is 0 Å². The molecule has 1 aromatic rings. The van der Waals surface area contributed by atoms with Crippen LogP contribution in [0.15, 0.2) is 12.1 Å². The fourth-order valence-corrected chi connectivity index (χ4v) is 2.15. The van der Waals surface area contributed by atoms with Gasteiger partial charge in [-0.05, 0) is 32.6 Å². The van der Waals surface area contributed by atoms with Crippen molar-refractivity contribution in [3.05, 3.63) is 21.9 Å². The van der Waals surface area contributed by atoms with Crippen molar-refractivity contribution in [2.45, 2.75) is 19.9 Å². The highest BCUT2D eigenvalue weighted by Gasteiger charge is 1.97. The van der Waals surface area contributed by atoms with Crippen molar-refractivity contribution in [3.8, 4) is 0 Å². The maximum Gasteiger partial charge on any atom is 0.0300 e. The summed E-state index contributed by atoms with van der Waals surface area (Å²) in [6, 6.07) is 4.46. The molecule has 14 heavy (non-hydrogen) atoms. The summed E-state index contributed by atoms with van der Waals surface area (Å²) in [4.78, 5) is 5.12. The van der Waals surface area contributed by atoms with Gasteiger partial charge in [0.1, 0.15) is 0 Å². The molecule has 0 saturated heterocycles. The van der Waals surface area contributed by atoms with E-state index in [-0.39, 0.29) is 0 Å². The number of aryl methyl sites for hydroxylation is 1. The largest absolute Gasteiger partial charge is 0.311 e. The first-order valence-corrected chi connectivity index (χ1v) is 5.97. The number of hydrogen-bond acceptors (Lipinski definition) is 3. The van der Waals surface area contributed by atoms with Crippen LogP contribution in [0.5, 0.6) is 0 Å². The van der Waals surface area contributed by atoms with Gasteiger partial charge in [-0.3, -0.25) is 0 Å². The van der Waals surface area contributed by atoms with Crippen molar-refractivity contribution in [2.75, 3.05) is 27.2 Å². The second-order valence-electron chi connectivity index (χ2n) is 3.70. The molecule has 0 radical (unpaired) electrons. The molecule has 0 fully saturated rings. The summed E-state index contributed by atoms with van der Waals surface area (Å²) in [5.41, 5.74) is 0. The molecule has 0 aliphatic carbocycles. The van der Waals surface area contributed by atoms with E-state index in [2.05, 4.69) is 43.4 Å². The molecule has 0 atom stereocenters. The lowest BCUT2D eigenvalue weighted by atomic mass is 10.3. The number of nitrogens with zero attached hydrogens (tertiary/aromatic N) is 1. The topological polar surface area (TPSA) is 15.3 Å². The van der Waals surface area contributed by atoms with Crippen LogP contribution in [0.4, 0.5) is 0 Å². The van der Waals surface area contributed by atoms with E-state index in [0.717, 1.165) is 26.1 Å². The molecule has 80 valence electrons. The maximum absolute atomic E-state index is 3.44. The van der Waals surface area contributed by atoms with Crippen molar-refractivity contribution in [3.63, 3.8) is 0 Å². The van der Waals surface area contributed by atoms with Gasteiger partial charge in [0.2, 0.25) is 0 Å². The zero-order valence-electron chi connectivity index (χ0n) is 9.34. The summed E-state index contributed by atoms with van der Waals surface area (Å²) in [5, 5.41) is 3.44. The van der Waals surface area contributed by atoms with Crippen LogP contribution in [0.1, 0.15) is 16.7 Å². The number of nitrogens with one attached hydrogen (secondary N) is 1. The van der Waals surface area contributed by atoms with E-state index in [1.54, 1.807) is 0 Å². The first-order chi connectivity index (χ1) is 6.72. The van der Waals surface area contributed by atoms with E-state index in [0.29, 0.717) is 0 Å². The maximum atomic E-state index is 3.44. The highest BCUT2D eigenvalue weighted by atomic mass is 32.1. The van der Waals surface area contributed by atoms with Gasteiger partial charge in [0.15, 0.2) is 0 Å². The van der Waals surface area contributed by atoms with Crippen LogP contribution >= 0.6 is 11.3 Å². The monoisotopic (exact) mass is 212 g/mol. The average molecular weight is 212 g/mol. The first kappa shape index (κ1) is 11.7. The number of hydrogen-bond donors (Lipinski definition) is 1. The highest BCUT2D eigenvalue weighted by Crippen LogP contribution is 2.16. The third-order valence-electron chi connectivity index (χ3n) is 2.10. The smallest absolute Gasteiger partial charge is 0.0300 e. The Morgan fingerprint density at radius 3 is 2.57 bits per heavy atom. The molecule has 0 amide bonds. The first-order valence-electron chi connectivity index (χ1n) is 5.15. The number of thiophene rings is 1. The minimum absolute atomic E-state index is 1.01. The Hall–Kier alpha value is -0.380. The zero-order chi connectivity index (χ0) is 10.4. The van der Waals surface area contributed by atoms with Crippen LogP contribution in [0.2, 0.25) is 0 Å². The van der Waals surface area contributed by atoms with Gasteiger partial charge >= 0.3 is 0 Å². The minimum atomic E-state index is 1.01. The predicted molar refractivity (Wildman–Crippen MR) is 64.0 cm³/mol. The molecule has 0 spiro atoms. The molecular weight excluding hydrogens is 192 g/mol. The third-order valence-corrected chi connectivity index (χ3v) is 3.33. The van der Waals surface area contributed by atoms with Crippen molar-refractivity contribution in [1.29, 1.82) is 0 Å². The second kappa shape index (κ2) is 6.17. The van der Waals surface area contributed by atoms with E-state index in [1.807, 2.05) is 11.3 Å². The summed E-state index contributed by atoms with van der Waals surface area (Å²) < 4.78 is 0. The highest BCUT2D eigenvalue weighted by molar-refractivity contribution is 7.11. The molecule has 1 rings (SSSR count). The van der Waals surface area contributed by atoms with Gasteiger partial charge in [-0.2, -0.15) is 0 Å². The number of rotatable bonds is 6. The Labute approximate surface area is 90.9 Å². The summed E-state index contributed by atoms with van der Waals surface area (Å²) in [5.74, 6) is 0. The normalized spacial score (nSPS) is 11.1. The lowest BCUT2D eigenvalue weighted by Crippen LogP contribution is -2.25. The molecule has 0 bridgehead atoms.